The summed E-state index contributed by atoms with van der Waals surface area (Å²) < 4.78 is 26.4. The monoisotopic (exact) mass is 527 g/mol. The van der Waals surface area contributed by atoms with E-state index in [1.54, 1.807) is 34.5 Å². The Kier molecular flexibility index (Phi) is 11.7. The number of halogens is 2. The summed E-state index contributed by atoms with van der Waals surface area (Å²) in [6, 6.07) is 12.1. The van der Waals surface area contributed by atoms with Crippen LogP contribution in [0.1, 0.15) is 84.9 Å². The van der Waals surface area contributed by atoms with Crippen molar-refractivity contribution in [1.29, 1.82) is 0 Å². The highest BCUT2D eigenvalue weighted by atomic mass is 32.1. The van der Waals surface area contributed by atoms with Gasteiger partial charge in [-0.1, -0.05) is 69.7 Å². The number of nitrogens with zero attached hydrogens (tertiary/aromatic N) is 2. The Morgan fingerprint density at radius 3 is 2.08 bits per heavy atom. The Morgan fingerprint density at radius 1 is 0.838 bits per heavy atom. The van der Waals surface area contributed by atoms with Crippen LogP contribution in [0.2, 0.25) is 0 Å². The highest BCUT2D eigenvalue weighted by molar-refractivity contribution is 7.09. The molecule has 0 spiro atoms. The number of carbonyl (C=O) groups excluding carboxylic acids is 2. The molecule has 0 fully saturated rings. The molecule has 1 aromatic heterocycles. The minimum atomic E-state index is -0.328. The van der Waals surface area contributed by atoms with Gasteiger partial charge in [-0.25, -0.2) is 13.8 Å². The van der Waals surface area contributed by atoms with Crippen LogP contribution in [0.5, 0.6) is 0 Å². The van der Waals surface area contributed by atoms with Crippen LogP contribution in [-0.2, 0) is 24.4 Å². The van der Waals surface area contributed by atoms with Gasteiger partial charge in [-0.15, -0.1) is 11.3 Å². The average Bonchev–Trinajstić information content (AvgIpc) is 3.37. The number of hydrogen-bond donors (Lipinski definition) is 1. The number of thiazole rings is 1. The van der Waals surface area contributed by atoms with Crippen molar-refractivity contribution in [2.75, 3.05) is 0 Å². The maximum atomic E-state index is 13.4. The van der Waals surface area contributed by atoms with Gasteiger partial charge in [0.25, 0.3) is 5.91 Å². The zero-order valence-corrected chi connectivity index (χ0v) is 22.2. The zero-order chi connectivity index (χ0) is 26.5. The van der Waals surface area contributed by atoms with Crippen LogP contribution in [0.4, 0.5) is 8.78 Å². The molecule has 0 aliphatic carbocycles. The molecule has 0 aliphatic heterocycles. The normalized spacial score (nSPS) is 10.9. The van der Waals surface area contributed by atoms with E-state index in [-0.39, 0.29) is 42.2 Å². The van der Waals surface area contributed by atoms with Crippen LogP contribution in [0, 0.1) is 11.6 Å². The number of benzene rings is 2. The van der Waals surface area contributed by atoms with Crippen LogP contribution >= 0.6 is 11.3 Å². The second kappa shape index (κ2) is 15.2. The lowest BCUT2D eigenvalue weighted by Crippen LogP contribution is -2.30. The van der Waals surface area contributed by atoms with Gasteiger partial charge in [0.1, 0.15) is 22.3 Å². The molecule has 0 atom stereocenters. The van der Waals surface area contributed by atoms with Crippen molar-refractivity contribution < 1.29 is 18.4 Å². The van der Waals surface area contributed by atoms with Crippen LogP contribution < -0.4 is 5.32 Å². The first-order chi connectivity index (χ1) is 17.9. The number of rotatable bonds is 15. The summed E-state index contributed by atoms with van der Waals surface area (Å²) in [6.07, 6.45) is 8.35. The van der Waals surface area contributed by atoms with Crippen LogP contribution in [0.3, 0.4) is 0 Å². The molecule has 0 saturated carbocycles. The smallest absolute Gasteiger partial charge is 0.271 e. The maximum absolute atomic E-state index is 13.4. The number of amides is 2. The van der Waals surface area contributed by atoms with Gasteiger partial charge < -0.3 is 10.2 Å². The number of unbranched alkanes of at least 4 members (excludes halogenated alkanes) is 6. The molecule has 198 valence electrons. The summed E-state index contributed by atoms with van der Waals surface area (Å²) >= 11 is 1.32. The molecular formula is C29H35F2N3O2S. The molecular weight excluding hydrogens is 492 g/mol. The largest absolute Gasteiger partial charge is 0.347 e. The molecule has 3 rings (SSSR count). The van der Waals surface area contributed by atoms with Crippen LogP contribution in [0.15, 0.2) is 53.9 Å². The molecule has 2 amide bonds. The lowest BCUT2D eigenvalue weighted by atomic mass is 10.1. The van der Waals surface area contributed by atoms with Crippen LogP contribution in [-0.4, -0.2) is 21.7 Å². The molecule has 5 nitrogen and oxygen atoms in total. The summed E-state index contributed by atoms with van der Waals surface area (Å²) in [5, 5.41) is 5.12. The zero-order valence-electron chi connectivity index (χ0n) is 21.3. The lowest BCUT2D eigenvalue weighted by molar-refractivity contribution is -0.132. The third-order valence-corrected chi connectivity index (χ3v) is 6.94. The molecule has 0 unspecified atom stereocenters. The molecule has 1 heterocycles. The quantitative estimate of drug-likeness (QED) is 0.216. The number of hydrogen-bond acceptors (Lipinski definition) is 4. The van der Waals surface area contributed by atoms with E-state index in [1.807, 2.05) is 0 Å². The predicted molar refractivity (Wildman–Crippen MR) is 143 cm³/mol. The summed E-state index contributed by atoms with van der Waals surface area (Å²) in [7, 11) is 0. The maximum Gasteiger partial charge on any atom is 0.271 e. The van der Waals surface area contributed by atoms with E-state index in [1.165, 1.54) is 61.3 Å². The van der Waals surface area contributed by atoms with E-state index in [0.29, 0.717) is 18.0 Å². The van der Waals surface area contributed by atoms with Gasteiger partial charge in [0, 0.05) is 24.9 Å². The van der Waals surface area contributed by atoms with Crippen molar-refractivity contribution in [3.63, 3.8) is 0 Å². The van der Waals surface area contributed by atoms with E-state index < -0.39 is 0 Å². The lowest BCUT2D eigenvalue weighted by Gasteiger charge is -2.22. The standard InChI is InChI=1S/C29H35F2N3O2S/c1-2-3-4-5-6-7-8-9-28(35)34(19-23-12-16-25(31)17-13-23)20-27-33-26(21-37-27)29(36)32-18-22-10-14-24(30)15-11-22/h10-17,21H,2-9,18-20H2,1H3,(H,32,36). The predicted octanol–water partition coefficient (Wildman–Crippen LogP) is 7.02. The summed E-state index contributed by atoms with van der Waals surface area (Å²) in [4.78, 5) is 31.8. The highest BCUT2D eigenvalue weighted by Gasteiger charge is 2.18. The fraction of sp³-hybridized carbons (Fsp3) is 0.414. The Balaban J connectivity index is 1.57. The van der Waals surface area contributed by atoms with Crippen molar-refractivity contribution in [2.24, 2.45) is 0 Å². The molecule has 3 aromatic rings. The topological polar surface area (TPSA) is 62.3 Å². The van der Waals surface area contributed by atoms with Gasteiger partial charge in [0.2, 0.25) is 5.91 Å². The molecule has 0 bridgehead atoms. The van der Waals surface area contributed by atoms with Gasteiger partial charge in [-0.2, -0.15) is 0 Å². The van der Waals surface area contributed by atoms with Gasteiger partial charge >= 0.3 is 0 Å². The van der Waals surface area contributed by atoms with Crippen molar-refractivity contribution in [3.05, 3.63) is 87.4 Å². The summed E-state index contributed by atoms with van der Waals surface area (Å²) in [5.41, 5.74) is 1.90. The van der Waals surface area contributed by atoms with E-state index in [9.17, 15) is 18.4 Å². The number of carbonyl (C=O) groups is 2. The van der Waals surface area contributed by atoms with E-state index >= 15 is 0 Å². The van der Waals surface area contributed by atoms with E-state index in [2.05, 4.69) is 17.2 Å². The second-order valence-electron chi connectivity index (χ2n) is 9.18. The summed E-state index contributed by atoms with van der Waals surface area (Å²) in [5.74, 6) is -0.950. The molecule has 0 aliphatic rings. The first-order valence-corrected chi connectivity index (χ1v) is 13.8. The van der Waals surface area contributed by atoms with Gasteiger partial charge in [0.05, 0.1) is 6.54 Å². The summed E-state index contributed by atoms with van der Waals surface area (Å²) in [6.45, 7) is 3.09. The molecule has 8 heteroatoms. The van der Waals surface area contributed by atoms with Crippen molar-refractivity contribution in [1.82, 2.24) is 15.2 Å². The first-order valence-electron chi connectivity index (χ1n) is 12.9. The third-order valence-electron chi connectivity index (χ3n) is 6.11. The van der Waals surface area contributed by atoms with Crippen molar-refractivity contribution >= 4 is 23.2 Å². The number of nitrogens with one attached hydrogen (secondary N) is 1. The first kappa shape index (κ1) is 28.4. The van der Waals surface area contributed by atoms with E-state index in [4.69, 9.17) is 0 Å². The Labute approximate surface area is 221 Å². The second-order valence-corrected chi connectivity index (χ2v) is 10.1. The van der Waals surface area contributed by atoms with Crippen molar-refractivity contribution in [3.8, 4) is 0 Å². The Bertz CT molecular complexity index is 1120. The van der Waals surface area contributed by atoms with Gasteiger partial charge in [-0.05, 0) is 41.8 Å². The third kappa shape index (κ3) is 10.0. The van der Waals surface area contributed by atoms with Gasteiger partial charge in [0.15, 0.2) is 0 Å². The van der Waals surface area contributed by atoms with Gasteiger partial charge in [-0.3, -0.25) is 9.59 Å². The fourth-order valence-corrected chi connectivity index (χ4v) is 4.75. The SMILES string of the molecule is CCCCCCCCCC(=O)N(Cc1ccc(F)cc1)Cc1nc(C(=O)NCc2ccc(F)cc2)cs1. The average molecular weight is 528 g/mol. The minimum absolute atomic E-state index is 0.0235. The molecule has 37 heavy (non-hydrogen) atoms. The molecule has 0 radical (unpaired) electrons. The van der Waals surface area contributed by atoms with Crippen molar-refractivity contribution in [2.45, 2.75) is 77.9 Å². The van der Waals surface area contributed by atoms with Crippen LogP contribution in [0.25, 0.3) is 0 Å². The highest BCUT2D eigenvalue weighted by Crippen LogP contribution is 2.18. The Morgan fingerprint density at radius 2 is 1.43 bits per heavy atom. The number of aromatic nitrogens is 1. The minimum Gasteiger partial charge on any atom is -0.347 e. The molecule has 0 saturated heterocycles. The Hall–Kier alpha value is -3.13. The molecule has 1 N–H and O–H groups in total. The van der Waals surface area contributed by atoms with E-state index in [0.717, 1.165) is 30.4 Å². The molecule has 2 aromatic carbocycles. The fourth-order valence-electron chi connectivity index (χ4n) is 3.96.